The van der Waals surface area contributed by atoms with Crippen LogP contribution < -0.4 is 14.4 Å². The van der Waals surface area contributed by atoms with Crippen molar-refractivity contribution >= 4 is 40.9 Å². The Labute approximate surface area is 194 Å². The van der Waals surface area contributed by atoms with Crippen LogP contribution in [0, 0.1) is 0 Å². The quantitative estimate of drug-likeness (QED) is 0.326. The van der Waals surface area contributed by atoms with Crippen molar-refractivity contribution in [2.75, 3.05) is 18.6 Å². The average molecular weight is 453 g/mol. The Morgan fingerprint density at radius 1 is 1.03 bits per heavy atom. The van der Waals surface area contributed by atoms with Crippen molar-refractivity contribution in [1.82, 2.24) is 4.90 Å². The van der Waals surface area contributed by atoms with Gasteiger partial charge in [-0.25, -0.2) is 0 Å². The summed E-state index contributed by atoms with van der Waals surface area (Å²) in [4.78, 5) is 29.7. The molecular weight excluding hydrogens is 424 g/mol. The van der Waals surface area contributed by atoms with Gasteiger partial charge in [-0.05, 0) is 56.3 Å². The molecule has 1 saturated heterocycles. The molecule has 1 atom stereocenters. The highest BCUT2D eigenvalue weighted by Crippen LogP contribution is 2.35. The normalized spacial score (nSPS) is 16.5. The van der Waals surface area contributed by atoms with Crippen LogP contribution in [0.2, 0.25) is 0 Å². The van der Waals surface area contributed by atoms with E-state index in [4.69, 9.17) is 21.7 Å². The number of methoxy groups -OCH3 is 1. The van der Waals surface area contributed by atoms with E-state index in [1.807, 2.05) is 39.0 Å². The number of anilines is 1. The molecule has 1 heterocycles. The highest BCUT2D eigenvalue weighted by molar-refractivity contribution is 7.80. The van der Waals surface area contributed by atoms with Crippen molar-refractivity contribution in [3.8, 4) is 11.5 Å². The summed E-state index contributed by atoms with van der Waals surface area (Å²) < 4.78 is 11.6. The van der Waals surface area contributed by atoms with E-state index in [-0.39, 0.29) is 16.8 Å². The molecular formula is C25H28N2O4S. The van der Waals surface area contributed by atoms with Gasteiger partial charge in [-0.1, -0.05) is 44.2 Å². The predicted octanol–water partition coefficient (Wildman–Crippen LogP) is 4.83. The third-order valence-electron chi connectivity index (χ3n) is 5.22. The van der Waals surface area contributed by atoms with Crippen LogP contribution in [-0.2, 0) is 9.59 Å². The van der Waals surface area contributed by atoms with Crippen molar-refractivity contribution in [2.45, 2.75) is 39.7 Å². The number of hydrogen-bond acceptors (Lipinski definition) is 5. The number of para-hydroxylation sites is 2. The Bertz CT molecular complexity index is 1040. The SMILES string of the molecule is CCCN1C(=O)/C(=C\c2cccc(OC)c2O[C@@H](C)CC)C(=O)N(c2ccccc2)C1=S. The van der Waals surface area contributed by atoms with E-state index in [1.54, 1.807) is 43.5 Å². The van der Waals surface area contributed by atoms with Gasteiger partial charge in [0.2, 0.25) is 0 Å². The van der Waals surface area contributed by atoms with Crippen LogP contribution in [0.25, 0.3) is 6.08 Å². The molecule has 0 N–H and O–H groups in total. The number of benzene rings is 2. The molecule has 3 rings (SSSR count). The minimum absolute atomic E-state index is 0.0261. The van der Waals surface area contributed by atoms with E-state index < -0.39 is 11.8 Å². The second-order valence-electron chi connectivity index (χ2n) is 7.49. The molecule has 1 fully saturated rings. The van der Waals surface area contributed by atoms with Gasteiger partial charge in [0.25, 0.3) is 11.8 Å². The molecule has 7 heteroatoms. The zero-order chi connectivity index (χ0) is 23.3. The van der Waals surface area contributed by atoms with E-state index in [9.17, 15) is 9.59 Å². The number of carbonyl (C=O) groups is 2. The van der Waals surface area contributed by atoms with E-state index >= 15 is 0 Å². The van der Waals surface area contributed by atoms with Crippen molar-refractivity contribution in [2.24, 2.45) is 0 Å². The van der Waals surface area contributed by atoms with Gasteiger partial charge in [0.1, 0.15) is 5.57 Å². The lowest BCUT2D eigenvalue weighted by Gasteiger charge is -2.36. The third-order valence-corrected chi connectivity index (χ3v) is 5.62. The van der Waals surface area contributed by atoms with Crippen LogP contribution in [-0.4, -0.2) is 41.6 Å². The van der Waals surface area contributed by atoms with Crippen molar-refractivity contribution in [3.63, 3.8) is 0 Å². The van der Waals surface area contributed by atoms with Crippen molar-refractivity contribution in [1.29, 1.82) is 0 Å². The molecule has 0 saturated carbocycles. The second-order valence-corrected chi connectivity index (χ2v) is 7.85. The van der Waals surface area contributed by atoms with Gasteiger partial charge in [0.15, 0.2) is 16.6 Å². The minimum atomic E-state index is -0.462. The van der Waals surface area contributed by atoms with Crippen LogP contribution in [0.3, 0.4) is 0 Å². The highest BCUT2D eigenvalue weighted by Gasteiger charge is 2.40. The van der Waals surface area contributed by atoms with Gasteiger partial charge in [0, 0.05) is 12.1 Å². The Kier molecular flexibility index (Phi) is 7.64. The van der Waals surface area contributed by atoms with Gasteiger partial charge >= 0.3 is 0 Å². The predicted molar refractivity (Wildman–Crippen MR) is 130 cm³/mol. The third kappa shape index (κ3) is 4.67. The molecule has 0 bridgehead atoms. The first-order chi connectivity index (χ1) is 15.4. The largest absolute Gasteiger partial charge is 0.493 e. The molecule has 32 heavy (non-hydrogen) atoms. The first kappa shape index (κ1) is 23.5. The zero-order valence-corrected chi connectivity index (χ0v) is 19.6. The molecule has 0 radical (unpaired) electrons. The summed E-state index contributed by atoms with van der Waals surface area (Å²) in [5, 5.41) is 0.187. The lowest BCUT2D eigenvalue weighted by Crippen LogP contribution is -2.56. The molecule has 2 amide bonds. The van der Waals surface area contributed by atoms with Gasteiger partial charge in [-0.2, -0.15) is 0 Å². The van der Waals surface area contributed by atoms with E-state index in [2.05, 4.69) is 0 Å². The summed E-state index contributed by atoms with van der Waals surface area (Å²) >= 11 is 5.54. The Morgan fingerprint density at radius 3 is 2.38 bits per heavy atom. The summed E-state index contributed by atoms with van der Waals surface area (Å²) in [6.07, 6.45) is 3.01. The molecule has 0 aliphatic carbocycles. The lowest BCUT2D eigenvalue weighted by atomic mass is 10.0. The van der Waals surface area contributed by atoms with E-state index in [1.165, 1.54) is 9.80 Å². The number of carbonyl (C=O) groups excluding carboxylic acids is 2. The smallest absolute Gasteiger partial charge is 0.270 e. The van der Waals surface area contributed by atoms with Crippen LogP contribution in [0.4, 0.5) is 5.69 Å². The molecule has 0 aromatic heterocycles. The molecule has 1 aliphatic heterocycles. The van der Waals surface area contributed by atoms with E-state index in [0.29, 0.717) is 35.7 Å². The molecule has 168 valence electrons. The first-order valence-corrected chi connectivity index (χ1v) is 11.1. The van der Waals surface area contributed by atoms with Crippen LogP contribution in [0.15, 0.2) is 54.1 Å². The number of nitrogens with zero attached hydrogens (tertiary/aromatic N) is 2. The van der Waals surface area contributed by atoms with Crippen LogP contribution in [0.5, 0.6) is 11.5 Å². The number of thiocarbonyl (C=S) groups is 1. The summed E-state index contributed by atoms with van der Waals surface area (Å²) in [6.45, 7) is 6.36. The molecule has 0 unspecified atom stereocenters. The van der Waals surface area contributed by atoms with Gasteiger partial charge in [-0.15, -0.1) is 0 Å². The molecule has 1 aliphatic rings. The number of rotatable bonds is 8. The second kappa shape index (κ2) is 10.4. The van der Waals surface area contributed by atoms with Crippen molar-refractivity contribution in [3.05, 3.63) is 59.7 Å². The van der Waals surface area contributed by atoms with Gasteiger partial charge in [0.05, 0.1) is 18.9 Å². The average Bonchev–Trinajstić information content (AvgIpc) is 2.81. The molecule has 2 aromatic rings. The van der Waals surface area contributed by atoms with Crippen molar-refractivity contribution < 1.29 is 19.1 Å². The maximum absolute atomic E-state index is 13.5. The van der Waals surface area contributed by atoms with Gasteiger partial charge in [-0.3, -0.25) is 19.4 Å². The van der Waals surface area contributed by atoms with E-state index in [0.717, 1.165) is 6.42 Å². The topological polar surface area (TPSA) is 59.1 Å². The summed E-state index contributed by atoms with van der Waals surface area (Å²) in [6, 6.07) is 14.5. The van der Waals surface area contributed by atoms with Crippen LogP contribution in [0.1, 0.15) is 39.2 Å². The molecule has 2 aromatic carbocycles. The standard InChI is InChI=1S/C25H28N2O4S/c1-5-15-26-23(28)20(24(29)27(25(26)32)19-12-8-7-9-13-19)16-18-11-10-14-21(30-4)22(18)31-17(3)6-2/h7-14,16-17H,5-6,15H2,1-4H3/b20-16+/t17-/m0/s1. The fourth-order valence-corrected chi connectivity index (χ4v) is 3.74. The summed E-state index contributed by atoms with van der Waals surface area (Å²) in [7, 11) is 1.56. The number of ether oxygens (including phenoxy) is 2. The highest BCUT2D eigenvalue weighted by atomic mass is 32.1. The summed E-state index contributed by atoms with van der Waals surface area (Å²) in [5.74, 6) is 0.164. The van der Waals surface area contributed by atoms with Crippen LogP contribution >= 0.6 is 12.2 Å². The monoisotopic (exact) mass is 452 g/mol. The molecule has 6 nitrogen and oxygen atoms in total. The minimum Gasteiger partial charge on any atom is -0.493 e. The maximum atomic E-state index is 13.5. The zero-order valence-electron chi connectivity index (χ0n) is 18.8. The fourth-order valence-electron chi connectivity index (χ4n) is 3.37. The number of hydrogen-bond donors (Lipinski definition) is 0. The maximum Gasteiger partial charge on any atom is 0.270 e. The Morgan fingerprint density at radius 2 is 1.75 bits per heavy atom. The Balaban J connectivity index is 2.14. The van der Waals surface area contributed by atoms with Gasteiger partial charge < -0.3 is 9.47 Å². The first-order valence-electron chi connectivity index (χ1n) is 10.7. The number of amides is 2. The Hall–Kier alpha value is -3.19. The summed E-state index contributed by atoms with van der Waals surface area (Å²) in [5.41, 5.74) is 1.24. The lowest BCUT2D eigenvalue weighted by molar-refractivity contribution is -0.127. The molecule has 0 spiro atoms. The fraction of sp³-hybridized carbons (Fsp3) is 0.320.